The Morgan fingerprint density at radius 3 is 2.85 bits per heavy atom. The molecule has 0 fully saturated rings. The maximum absolute atomic E-state index is 11.3. The number of azide groups is 1. The summed E-state index contributed by atoms with van der Waals surface area (Å²) in [4.78, 5) is 16.8. The molecule has 1 aromatic heterocycles. The lowest BCUT2D eigenvalue weighted by Gasteiger charge is -1.93. The SMILES string of the molecule is Cc1cc(C)c(C(=O)CN=[N+]=[N-])[nH]1. The van der Waals surface area contributed by atoms with Gasteiger partial charge in [0.05, 0.1) is 12.2 Å². The summed E-state index contributed by atoms with van der Waals surface area (Å²) in [5.41, 5.74) is 10.4. The third-order valence-corrected chi connectivity index (χ3v) is 1.71. The normalized spacial score (nSPS) is 9.38. The van der Waals surface area contributed by atoms with E-state index in [4.69, 9.17) is 5.53 Å². The molecule has 0 unspecified atom stereocenters. The van der Waals surface area contributed by atoms with Crippen LogP contribution in [0.15, 0.2) is 11.2 Å². The van der Waals surface area contributed by atoms with Crippen molar-refractivity contribution in [3.05, 3.63) is 33.5 Å². The molecule has 1 rings (SSSR count). The largest absolute Gasteiger partial charge is 0.356 e. The maximum Gasteiger partial charge on any atom is 0.185 e. The molecule has 1 heterocycles. The highest BCUT2D eigenvalue weighted by atomic mass is 16.1. The van der Waals surface area contributed by atoms with Crippen molar-refractivity contribution in [2.45, 2.75) is 13.8 Å². The standard InChI is InChI=1S/C8H10N4O/c1-5-3-6(2)11-8(5)7(13)4-10-12-9/h3,11H,4H2,1-2H3. The van der Waals surface area contributed by atoms with E-state index in [1.165, 1.54) is 0 Å². The number of hydrogen-bond donors (Lipinski definition) is 1. The molecule has 0 saturated heterocycles. The number of aromatic nitrogens is 1. The summed E-state index contributed by atoms with van der Waals surface area (Å²) in [6, 6.07) is 1.88. The second-order valence-electron chi connectivity index (χ2n) is 2.82. The number of ketones is 1. The van der Waals surface area contributed by atoms with E-state index in [-0.39, 0.29) is 12.3 Å². The highest BCUT2D eigenvalue weighted by molar-refractivity contribution is 5.97. The van der Waals surface area contributed by atoms with Crippen LogP contribution in [0.5, 0.6) is 0 Å². The summed E-state index contributed by atoms with van der Waals surface area (Å²) in [6.45, 7) is 3.58. The average Bonchev–Trinajstić information content (AvgIpc) is 2.41. The van der Waals surface area contributed by atoms with E-state index in [0.29, 0.717) is 5.69 Å². The van der Waals surface area contributed by atoms with Gasteiger partial charge in [-0.1, -0.05) is 5.11 Å². The lowest BCUT2D eigenvalue weighted by molar-refractivity contribution is 0.0997. The molecule has 0 aromatic carbocycles. The van der Waals surface area contributed by atoms with Gasteiger partial charge in [0.25, 0.3) is 0 Å². The van der Waals surface area contributed by atoms with Crippen LogP contribution in [0.3, 0.4) is 0 Å². The quantitative estimate of drug-likeness (QED) is 0.327. The molecule has 0 bridgehead atoms. The summed E-state index contributed by atoms with van der Waals surface area (Å²) in [5, 5.41) is 3.21. The Hall–Kier alpha value is -1.74. The number of aryl methyl sites for hydroxylation is 2. The van der Waals surface area contributed by atoms with Crippen LogP contribution < -0.4 is 0 Å². The van der Waals surface area contributed by atoms with Crippen LogP contribution in [0.4, 0.5) is 0 Å². The van der Waals surface area contributed by atoms with E-state index in [2.05, 4.69) is 15.0 Å². The molecule has 5 heteroatoms. The molecule has 0 radical (unpaired) electrons. The Bertz CT molecular complexity index is 373. The highest BCUT2D eigenvalue weighted by Crippen LogP contribution is 2.09. The Balaban J connectivity index is 2.88. The number of aromatic amines is 1. The van der Waals surface area contributed by atoms with Crippen molar-refractivity contribution in [1.29, 1.82) is 0 Å². The Morgan fingerprint density at radius 2 is 2.38 bits per heavy atom. The van der Waals surface area contributed by atoms with Crippen molar-refractivity contribution in [2.24, 2.45) is 5.11 Å². The molecule has 1 N–H and O–H groups in total. The van der Waals surface area contributed by atoms with E-state index in [0.717, 1.165) is 11.3 Å². The average molecular weight is 178 g/mol. The summed E-state index contributed by atoms with van der Waals surface area (Å²) in [5.74, 6) is -0.177. The topological polar surface area (TPSA) is 81.6 Å². The van der Waals surface area contributed by atoms with Gasteiger partial charge in [-0.25, -0.2) is 0 Å². The van der Waals surface area contributed by atoms with Crippen LogP contribution in [0, 0.1) is 13.8 Å². The van der Waals surface area contributed by atoms with Gasteiger partial charge < -0.3 is 4.98 Å². The smallest absolute Gasteiger partial charge is 0.185 e. The van der Waals surface area contributed by atoms with Crippen LogP contribution in [0.25, 0.3) is 10.4 Å². The summed E-state index contributed by atoms with van der Waals surface area (Å²) in [7, 11) is 0. The third kappa shape index (κ3) is 2.10. The maximum atomic E-state index is 11.3. The molecule has 0 spiro atoms. The van der Waals surface area contributed by atoms with Crippen LogP contribution in [0.1, 0.15) is 21.7 Å². The Kier molecular flexibility index (Phi) is 2.72. The number of hydrogen-bond acceptors (Lipinski definition) is 2. The van der Waals surface area contributed by atoms with Gasteiger partial charge in [-0.15, -0.1) is 0 Å². The van der Waals surface area contributed by atoms with Crippen molar-refractivity contribution in [1.82, 2.24) is 4.98 Å². The highest BCUT2D eigenvalue weighted by Gasteiger charge is 2.09. The lowest BCUT2D eigenvalue weighted by Crippen LogP contribution is -2.04. The van der Waals surface area contributed by atoms with Gasteiger partial charge in [0, 0.05) is 10.6 Å². The van der Waals surface area contributed by atoms with Gasteiger partial charge in [-0.3, -0.25) is 4.79 Å². The minimum Gasteiger partial charge on any atom is -0.356 e. The first kappa shape index (κ1) is 9.35. The minimum atomic E-state index is -0.177. The first-order chi connectivity index (χ1) is 6.15. The number of nitrogens with one attached hydrogen (secondary N) is 1. The Morgan fingerprint density at radius 1 is 1.69 bits per heavy atom. The molecule has 0 atom stereocenters. The van der Waals surface area contributed by atoms with E-state index >= 15 is 0 Å². The number of Topliss-reactive ketones (excluding diaryl/α,β-unsaturated/α-hetero) is 1. The molecule has 0 aliphatic carbocycles. The number of rotatable bonds is 3. The van der Waals surface area contributed by atoms with Gasteiger partial charge in [0.15, 0.2) is 5.78 Å². The lowest BCUT2D eigenvalue weighted by atomic mass is 10.2. The molecule has 68 valence electrons. The predicted octanol–water partition coefficient (Wildman–Crippen LogP) is 2.12. The number of carbonyl (C=O) groups excluding carboxylic acids is 1. The van der Waals surface area contributed by atoms with Gasteiger partial charge in [-0.05, 0) is 31.0 Å². The number of nitrogens with zero attached hydrogens (tertiary/aromatic N) is 3. The molecule has 0 saturated carbocycles. The summed E-state index contributed by atoms with van der Waals surface area (Å²) < 4.78 is 0. The fourth-order valence-corrected chi connectivity index (χ4v) is 1.19. The molecule has 0 amide bonds. The second-order valence-corrected chi connectivity index (χ2v) is 2.82. The summed E-state index contributed by atoms with van der Waals surface area (Å²) in [6.07, 6.45) is 0. The van der Waals surface area contributed by atoms with E-state index in [1.807, 2.05) is 19.9 Å². The fourth-order valence-electron chi connectivity index (χ4n) is 1.19. The van der Waals surface area contributed by atoms with Crippen LogP contribution in [-0.2, 0) is 0 Å². The molecule has 13 heavy (non-hydrogen) atoms. The number of H-pyrrole nitrogens is 1. The van der Waals surface area contributed by atoms with E-state index in [1.54, 1.807) is 0 Å². The third-order valence-electron chi connectivity index (χ3n) is 1.71. The van der Waals surface area contributed by atoms with Crippen molar-refractivity contribution in [2.75, 3.05) is 6.54 Å². The van der Waals surface area contributed by atoms with Crippen molar-refractivity contribution >= 4 is 5.78 Å². The molecular weight excluding hydrogens is 168 g/mol. The van der Waals surface area contributed by atoms with Crippen LogP contribution in [-0.4, -0.2) is 17.3 Å². The van der Waals surface area contributed by atoms with Gasteiger partial charge in [0.2, 0.25) is 0 Å². The second kappa shape index (κ2) is 3.78. The molecular formula is C8H10N4O. The minimum absolute atomic E-state index is 0.128. The summed E-state index contributed by atoms with van der Waals surface area (Å²) >= 11 is 0. The zero-order valence-corrected chi connectivity index (χ0v) is 7.53. The zero-order valence-electron chi connectivity index (χ0n) is 7.53. The van der Waals surface area contributed by atoms with Crippen molar-refractivity contribution in [3.8, 4) is 0 Å². The number of carbonyl (C=O) groups is 1. The fraction of sp³-hybridized carbons (Fsp3) is 0.375. The van der Waals surface area contributed by atoms with Gasteiger partial charge >= 0.3 is 0 Å². The van der Waals surface area contributed by atoms with Crippen LogP contribution >= 0.6 is 0 Å². The van der Waals surface area contributed by atoms with Crippen LogP contribution in [0.2, 0.25) is 0 Å². The van der Waals surface area contributed by atoms with Gasteiger partial charge in [0.1, 0.15) is 0 Å². The van der Waals surface area contributed by atoms with E-state index < -0.39 is 0 Å². The predicted molar refractivity (Wildman–Crippen MR) is 48.6 cm³/mol. The molecule has 5 nitrogen and oxygen atoms in total. The van der Waals surface area contributed by atoms with Crippen molar-refractivity contribution < 1.29 is 4.79 Å². The molecule has 1 aromatic rings. The zero-order chi connectivity index (χ0) is 9.84. The van der Waals surface area contributed by atoms with Gasteiger partial charge in [-0.2, -0.15) is 0 Å². The first-order valence-electron chi connectivity index (χ1n) is 3.85. The Labute approximate surface area is 75.4 Å². The first-order valence-corrected chi connectivity index (χ1v) is 3.85. The monoisotopic (exact) mass is 178 g/mol. The molecule has 0 aliphatic rings. The van der Waals surface area contributed by atoms with Crippen molar-refractivity contribution in [3.63, 3.8) is 0 Å². The van der Waals surface area contributed by atoms with E-state index in [9.17, 15) is 4.79 Å². The molecule has 0 aliphatic heterocycles.